The Morgan fingerprint density at radius 1 is 1.16 bits per heavy atom. The monoisotopic (exact) mass is 476 g/mol. The van der Waals surface area contributed by atoms with E-state index in [-0.39, 0.29) is 12.2 Å². The number of sulfone groups is 1. The summed E-state index contributed by atoms with van der Waals surface area (Å²) in [7, 11) is -3.23. The third-order valence-corrected chi connectivity index (χ3v) is 7.07. The van der Waals surface area contributed by atoms with E-state index in [1.807, 2.05) is 26.0 Å². The number of hydrogen-bond acceptors (Lipinski definition) is 8. The molecule has 0 saturated carbocycles. The van der Waals surface area contributed by atoms with Crippen LogP contribution in [0, 0.1) is 0 Å². The van der Waals surface area contributed by atoms with Gasteiger partial charge in [-0.05, 0) is 56.2 Å². The Hall–Kier alpha value is -2.46. The van der Waals surface area contributed by atoms with Crippen LogP contribution < -0.4 is 9.64 Å². The summed E-state index contributed by atoms with van der Waals surface area (Å²) in [5.41, 5.74) is 1.97. The summed E-state index contributed by atoms with van der Waals surface area (Å²) in [4.78, 5) is 13.2. The number of anilines is 2. The number of thiocarbonyl (C=S) groups is 1. The molecule has 0 unspecified atom stereocenters. The summed E-state index contributed by atoms with van der Waals surface area (Å²) in [6, 6.07) is 7.09. The molecule has 0 atom stereocenters. The van der Waals surface area contributed by atoms with E-state index in [1.54, 1.807) is 12.1 Å². The number of likely N-dealkylation sites (tertiary alicyclic amines) is 1. The van der Waals surface area contributed by atoms with Gasteiger partial charge < -0.3 is 19.3 Å². The number of hydrogen-bond donors (Lipinski definition) is 0. The summed E-state index contributed by atoms with van der Waals surface area (Å²) in [6.45, 7) is 6.24. The number of aromatic nitrogens is 2. The Bertz CT molecular complexity index is 1100. The van der Waals surface area contributed by atoms with Crippen molar-refractivity contribution in [1.82, 2.24) is 14.9 Å². The molecular formula is C22H28N4O4S2. The first-order valence-corrected chi connectivity index (χ1v) is 13.1. The topological polar surface area (TPSA) is 84.9 Å². The quantitative estimate of drug-likeness (QED) is 0.604. The van der Waals surface area contributed by atoms with Crippen LogP contribution in [-0.4, -0.2) is 66.6 Å². The number of ether oxygens (including phenoxy) is 2. The standard InChI is InChI=1S/C22H28N4O4S2/c1-15(2)29-22(31)25-9-7-17(8-10-25)30-21-13-20(23-14-24-21)26-11-6-16-12-18(32(3,27)28)4-5-19(16)26/h4-5,12-15,17H,6-11H2,1-3H3. The van der Waals surface area contributed by atoms with Crippen molar-refractivity contribution in [2.45, 2.75) is 50.2 Å². The third-order valence-electron chi connectivity index (χ3n) is 5.60. The molecule has 1 saturated heterocycles. The fourth-order valence-corrected chi connectivity index (χ4v) is 5.04. The predicted octanol–water partition coefficient (Wildman–Crippen LogP) is 3.13. The van der Waals surface area contributed by atoms with Crippen LogP contribution in [0.1, 0.15) is 32.3 Å². The lowest BCUT2D eigenvalue weighted by atomic mass is 10.1. The molecule has 2 aromatic rings. The van der Waals surface area contributed by atoms with Crippen molar-refractivity contribution in [1.29, 1.82) is 0 Å². The molecule has 4 rings (SSSR count). The summed E-state index contributed by atoms with van der Waals surface area (Å²) in [5.74, 6) is 1.28. The molecule has 3 heterocycles. The maximum atomic E-state index is 11.9. The van der Waals surface area contributed by atoms with E-state index in [0.29, 0.717) is 16.0 Å². The lowest BCUT2D eigenvalue weighted by molar-refractivity contribution is 0.106. The number of rotatable bonds is 5. The van der Waals surface area contributed by atoms with Crippen LogP contribution in [0.3, 0.4) is 0 Å². The Labute approximate surface area is 194 Å². The van der Waals surface area contributed by atoms with Gasteiger partial charge in [-0.1, -0.05) is 0 Å². The fourth-order valence-electron chi connectivity index (χ4n) is 3.99. The Morgan fingerprint density at radius 3 is 2.59 bits per heavy atom. The normalized spacial score (nSPS) is 16.9. The van der Waals surface area contributed by atoms with Crippen LogP contribution in [0.15, 0.2) is 35.5 Å². The van der Waals surface area contributed by atoms with Gasteiger partial charge in [-0.15, -0.1) is 0 Å². The van der Waals surface area contributed by atoms with Gasteiger partial charge in [0.25, 0.3) is 5.17 Å². The van der Waals surface area contributed by atoms with Crippen LogP contribution >= 0.6 is 12.2 Å². The number of nitrogens with zero attached hydrogens (tertiary/aromatic N) is 4. The van der Waals surface area contributed by atoms with Crippen molar-refractivity contribution in [3.8, 4) is 5.88 Å². The Balaban J connectivity index is 1.41. The molecule has 32 heavy (non-hydrogen) atoms. The van der Waals surface area contributed by atoms with Gasteiger partial charge >= 0.3 is 0 Å². The predicted molar refractivity (Wildman–Crippen MR) is 126 cm³/mol. The minimum Gasteiger partial charge on any atom is -0.474 e. The number of fused-ring (bicyclic) bond motifs is 1. The highest BCUT2D eigenvalue weighted by Crippen LogP contribution is 2.35. The maximum Gasteiger partial charge on any atom is 0.259 e. The molecule has 0 aliphatic carbocycles. The highest BCUT2D eigenvalue weighted by molar-refractivity contribution is 7.90. The molecule has 172 valence electrons. The lowest BCUT2D eigenvalue weighted by Gasteiger charge is -2.33. The first kappa shape index (κ1) is 22.7. The molecule has 0 spiro atoms. The lowest BCUT2D eigenvalue weighted by Crippen LogP contribution is -2.42. The summed E-state index contributed by atoms with van der Waals surface area (Å²) in [6.07, 6.45) is 5.29. The average Bonchev–Trinajstić information content (AvgIpc) is 3.17. The molecule has 1 aromatic heterocycles. The van der Waals surface area contributed by atoms with Crippen molar-refractivity contribution in [3.63, 3.8) is 0 Å². The molecular weight excluding hydrogens is 448 g/mol. The third kappa shape index (κ3) is 5.12. The number of benzene rings is 1. The molecule has 0 amide bonds. The second-order valence-corrected chi connectivity index (χ2v) is 10.8. The molecule has 8 nitrogen and oxygen atoms in total. The highest BCUT2D eigenvalue weighted by atomic mass is 32.2. The molecule has 2 aliphatic rings. The van der Waals surface area contributed by atoms with E-state index in [9.17, 15) is 8.42 Å². The van der Waals surface area contributed by atoms with Crippen molar-refractivity contribution >= 4 is 38.7 Å². The zero-order valence-corrected chi connectivity index (χ0v) is 20.2. The summed E-state index contributed by atoms with van der Waals surface area (Å²) >= 11 is 5.36. The van der Waals surface area contributed by atoms with Crippen molar-refractivity contribution in [2.24, 2.45) is 0 Å². The molecule has 0 bridgehead atoms. The van der Waals surface area contributed by atoms with Crippen LogP contribution in [0.2, 0.25) is 0 Å². The minimum absolute atomic E-state index is 0.0547. The first-order chi connectivity index (χ1) is 15.2. The van der Waals surface area contributed by atoms with Crippen molar-refractivity contribution in [2.75, 3.05) is 30.8 Å². The largest absolute Gasteiger partial charge is 0.474 e. The highest BCUT2D eigenvalue weighted by Gasteiger charge is 2.26. The van der Waals surface area contributed by atoms with Gasteiger partial charge in [0.2, 0.25) is 5.88 Å². The maximum absolute atomic E-state index is 11.9. The minimum atomic E-state index is -3.23. The van der Waals surface area contributed by atoms with Gasteiger partial charge in [0.05, 0.1) is 11.0 Å². The Kier molecular flexibility index (Phi) is 6.52. The second-order valence-electron chi connectivity index (χ2n) is 8.42. The summed E-state index contributed by atoms with van der Waals surface area (Å²) < 4.78 is 35.5. The second kappa shape index (κ2) is 9.19. The fraction of sp³-hybridized carbons (Fsp3) is 0.500. The van der Waals surface area contributed by atoms with Crippen LogP contribution in [0.4, 0.5) is 11.5 Å². The van der Waals surface area contributed by atoms with Crippen molar-refractivity contribution < 1.29 is 17.9 Å². The van der Waals surface area contributed by atoms with Gasteiger partial charge in [-0.2, -0.15) is 0 Å². The molecule has 0 radical (unpaired) electrons. The van der Waals surface area contributed by atoms with E-state index in [4.69, 9.17) is 21.7 Å². The van der Waals surface area contributed by atoms with Crippen LogP contribution in [0.5, 0.6) is 5.88 Å². The zero-order chi connectivity index (χ0) is 22.9. The smallest absolute Gasteiger partial charge is 0.259 e. The average molecular weight is 477 g/mol. The van der Waals surface area contributed by atoms with Crippen LogP contribution in [-0.2, 0) is 21.0 Å². The van der Waals surface area contributed by atoms with E-state index >= 15 is 0 Å². The van der Waals surface area contributed by atoms with E-state index < -0.39 is 9.84 Å². The number of piperidine rings is 1. The van der Waals surface area contributed by atoms with Crippen molar-refractivity contribution in [3.05, 3.63) is 36.2 Å². The zero-order valence-electron chi connectivity index (χ0n) is 18.5. The van der Waals surface area contributed by atoms with E-state index in [0.717, 1.165) is 56.0 Å². The van der Waals surface area contributed by atoms with Gasteiger partial charge in [0.1, 0.15) is 18.2 Å². The molecule has 10 heteroatoms. The van der Waals surface area contributed by atoms with E-state index in [2.05, 4.69) is 19.8 Å². The van der Waals surface area contributed by atoms with Gasteiger partial charge in [0.15, 0.2) is 9.84 Å². The van der Waals surface area contributed by atoms with Gasteiger partial charge in [0, 0.05) is 50.5 Å². The SMILES string of the molecule is CC(C)OC(=S)N1CCC(Oc2cc(N3CCc4cc(S(C)(=O)=O)ccc43)ncn2)CC1. The summed E-state index contributed by atoms with van der Waals surface area (Å²) in [5, 5.41) is 0.550. The Morgan fingerprint density at radius 2 is 1.91 bits per heavy atom. The van der Waals surface area contributed by atoms with Gasteiger partial charge in [-0.25, -0.2) is 18.4 Å². The molecule has 1 aromatic carbocycles. The first-order valence-electron chi connectivity index (χ1n) is 10.8. The van der Waals surface area contributed by atoms with Crippen LogP contribution in [0.25, 0.3) is 0 Å². The van der Waals surface area contributed by atoms with E-state index in [1.165, 1.54) is 12.6 Å². The molecule has 2 aliphatic heterocycles. The molecule has 1 fully saturated rings. The van der Waals surface area contributed by atoms with Gasteiger partial charge in [-0.3, -0.25) is 0 Å². The molecule has 0 N–H and O–H groups in total.